The van der Waals surface area contributed by atoms with Gasteiger partial charge >= 0.3 is 0 Å². The quantitative estimate of drug-likeness (QED) is 0.526. The first kappa shape index (κ1) is 11.1. The minimum absolute atomic E-state index is 0.0307. The maximum absolute atomic E-state index is 11.0. The molecular formula is C10H14Cl2O. The molecule has 0 bridgehead atoms. The molecule has 1 saturated carbocycles. The minimum atomic E-state index is -0.0859. The van der Waals surface area contributed by atoms with Crippen molar-refractivity contribution in [2.24, 2.45) is 5.92 Å². The summed E-state index contributed by atoms with van der Waals surface area (Å²) in [6.07, 6.45) is 7.47. The molecule has 13 heavy (non-hydrogen) atoms. The van der Waals surface area contributed by atoms with Crippen LogP contribution in [0.2, 0.25) is 0 Å². The van der Waals surface area contributed by atoms with E-state index >= 15 is 0 Å². The van der Waals surface area contributed by atoms with Crippen LogP contribution in [0.1, 0.15) is 32.1 Å². The summed E-state index contributed by atoms with van der Waals surface area (Å²) < 4.78 is 0. The average Bonchev–Trinajstić information content (AvgIpc) is 2.19. The van der Waals surface area contributed by atoms with Crippen LogP contribution in [0.4, 0.5) is 0 Å². The Morgan fingerprint density at radius 3 is 2.46 bits per heavy atom. The maximum atomic E-state index is 11.0. The van der Waals surface area contributed by atoms with Gasteiger partial charge in [0.15, 0.2) is 5.78 Å². The van der Waals surface area contributed by atoms with Gasteiger partial charge in [-0.15, -0.1) is 11.6 Å². The van der Waals surface area contributed by atoms with E-state index in [-0.39, 0.29) is 11.7 Å². The van der Waals surface area contributed by atoms with Gasteiger partial charge in [-0.3, -0.25) is 4.79 Å². The van der Waals surface area contributed by atoms with Gasteiger partial charge < -0.3 is 0 Å². The van der Waals surface area contributed by atoms with E-state index in [0.717, 1.165) is 12.8 Å². The van der Waals surface area contributed by atoms with Crippen LogP contribution in [0, 0.1) is 5.92 Å². The Morgan fingerprint density at radius 2 is 1.92 bits per heavy atom. The van der Waals surface area contributed by atoms with E-state index < -0.39 is 0 Å². The van der Waals surface area contributed by atoms with Gasteiger partial charge in [0.1, 0.15) is 0 Å². The number of rotatable bonds is 3. The molecule has 0 unspecified atom stereocenters. The maximum Gasteiger partial charge on any atom is 0.171 e. The minimum Gasteiger partial charge on any atom is -0.293 e. The number of carbonyl (C=O) groups excluding carboxylic acids is 1. The topological polar surface area (TPSA) is 17.1 Å². The summed E-state index contributed by atoms with van der Waals surface area (Å²) in [5.41, 5.74) is 0. The lowest BCUT2D eigenvalue weighted by molar-refractivity contribution is -0.112. The fourth-order valence-corrected chi connectivity index (χ4v) is 2.11. The van der Waals surface area contributed by atoms with Crippen LogP contribution in [0.3, 0.4) is 0 Å². The normalized spacial score (nSPS) is 20.3. The summed E-state index contributed by atoms with van der Waals surface area (Å²) in [6, 6.07) is 0. The Kier molecular flexibility index (Phi) is 4.82. The first-order valence-corrected chi connectivity index (χ1v) is 5.61. The van der Waals surface area contributed by atoms with E-state index in [0.29, 0.717) is 11.0 Å². The molecule has 0 saturated heterocycles. The van der Waals surface area contributed by atoms with Crippen LogP contribution < -0.4 is 0 Å². The van der Waals surface area contributed by atoms with E-state index in [1.54, 1.807) is 0 Å². The zero-order chi connectivity index (χ0) is 9.68. The molecule has 1 fully saturated rings. The summed E-state index contributed by atoms with van der Waals surface area (Å²) in [5, 5.41) is 0.699. The van der Waals surface area contributed by atoms with Gasteiger partial charge in [0, 0.05) is 5.03 Å². The molecule has 0 radical (unpaired) electrons. The highest BCUT2D eigenvalue weighted by Gasteiger charge is 2.16. The summed E-state index contributed by atoms with van der Waals surface area (Å²) in [6.45, 7) is 0. The standard InChI is InChI=1S/C10H14Cl2O/c11-7-9(13)6-10(12)8-4-2-1-3-5-8/h6,8H,1-5,7H2/b10-6-. The smallest absolute Gasteiger partial charge is 0.171 e. The van der Waals surface area contributed by atoms with Crippen molar-refractivity contribution in [3.63, 3.8) is 0 Å². The lowest BCUT2D eigenvalue weighted by atomic mass is 9.88. The highest BCUT2D eigenvalue weighted by atomic mass is 35.5. The van der Waals surface area contributed by atoms with E-state index in [2.05, 4.69) is 0 Å². The van der Waals surface area contributed by atoms with Crippen LogP contribution in [0.5, 0.6) is 0 Å². The number of allylic oxidation sites excluding steroid dienone is 2. The van der Waals surface area contributed by atoms with Crippen molar-refractivity contribution in [1.29, 1.82) is 0 Å². The molecule has 74 valence electrons. The Bertz CT molecular complexity index is 205. The van der Waals surface area contributed by atoms with Crippen molar-refractivity contribution in [1.82, 2.24) is 0 Å². The Labute approximate surface area is 89.1 Å². The third kappa shape index (κ3) is 3.70. The number of halogens is 2. The zero-order valence-electron chi connectivity index (χ0n) is 7.56. The third-order valence-electron chi connectivity index (χ3n) is 2.43. The van der Waals surface area contributed by atoms with Crippen LogP contribution >= 0.6 is 23.2 Å². The fourth-order valence-electron chi connectivity index (χ4n) is 1.69. The molecule has 1 aliphatic rings. The summed E-state index contributed by atoms with van der Waals surface area (Å²) in [5.74, 6) is 0.350. The monoisotopic (exact) mass is 220 g/mol. The van der Waals surface area contributed by atoms with E-state index in [1.807, 2.05) is 0 Å². The van der Waals surface area contributed by atoms with Crippen molar-refractivity contribution in [3.05, 3.63) is 11.1 Å². The van der Waals surface area contributed by atoms with Gasteiger partial charge in [-0.2, -0.15) is 0 Å². The molecule has 0 heterocycles. The number of ketones is 1. The Morgan fingerprint density at radius 1 is 1.31 bits per heavy atom. The summed E-state index contributed by atoms with van der Waals surface area (Å²) in [4.78, 5) is 11.0. The molecule has 0 aromatic carbocycles. The van der Waals surface area contributed by atoms with E-state index in [1.165, 1.54) is 25.3 Å². The van der Waals surface area contributed by atoms with Gasteiger partial charge in [-0.05, 0) is 24.8 Å². The van der Waals surface area contributed by atoms with Crippen LogP contribution in [-0.4, -0.2) is 11.7 Å². The molecule has 0 aromatic heterocycles. The van der Waals surface area contributed by atoms with E-state index in [9.17, 15) is 4.79 Å². The first-order chi connectivity index (χ1) is 6.24. The highest BCUT2D eigenvalue weighted by molar-refractivity contribution is 6.34. The van der Waals surface area contributed by atoms with Gasteiger partial charge in [0.2, 0.25) is 0 Å². The molecular weight excluding hydrogens is 207 g/mol. The van der Waals surface area contributed by atoms with Crippen molar-refractivity contribution in [2.45, 2.75) is 32.1 Å². The average molecular weight is 221 g/mol. The van der Waals surface area contributed by atoms with Crippen molar-refractivity contribution in [3.8, 4) is 0 Å². The van der Waals surface area contributed by atoms with Crippen LogP contribution in [0.25, 0.3) is 0 Å². The molecule has 1 rings (SSSR count). The van der Waals surface area contributed by atoms with Crippen molar-refractivity contribution in [2.75, 3.05) is 5.88 Å². The third-order valence-corrected chi connectivity index (χ3v) is 3.11. The van der Waals surface area contributed by atoms with Gasteiger partial charge in [-0.1, -0.05) is 30.9 Å². The van der Waals surface area contributed by atoms with Gasteiger partial charge in [-0.25, -0.2) is 0 Å². The molecule has 1 aliphatic carbocycles. The fraction of sp³-hybridized carbons (Fsp3) is 0.700. The predicted molar refractivity (Wildman–Crippen MR) is 56.2 cm³/mol. The number of alkyl halides is 1. The van der Waals surface area contributed by atoms with E-state index in [4.69, 9.17) is 23.2 Å². The molecule has 0 aliphatic heterocycles. The SMILES string of the molecule is O=C(/C=C(\Cl)C1CCCCC1)CCl. The van der Waals surface area contributed by atoms with Crippen molar-refractivity contribution >= 4 is 29.0 Å². The summed E-state index contributed by atoms with van der Waals surface area (Å²) in [7, 11) is 0. The molecule has 0 atom stereocenters. The zero-order valence-corrected chi connectivity index (χ0v) is 9.07. The number of carbonyl (C=O) groups is 1. The second-order valence-electron chi connectivity index (χ2n) is 3.46. The summed E-state index contributed by atoms with van der Waals surface area (Å²) >= 11 is 11.4. The second kappa shape index (κ2) is 5.66. The van der Waals surface area contributed by atoms with Gasteiger partial charge in [0.25, 0.3) is 0 Å². The number of hydrogen-bond acceptors (Lipinski definition) is 1. The number of hydrogen-bond donors (Lipinski definition) is 0. The largest absolute Gasteiger partial charge is 0.293 e. The van der Waals surface area contributed by atoms with Gasteiger partial charge in [0.05, 0.1) is 5.88 Å². The molecule has 0 aromatic rings. The van der Waals surface area contributed by atoms with Crippen LogP contribution in [-0.2, 0) is 4.79 Å². The molecule has 0 spiro atoms. The lowest BCUT2D eigenvalue weighted by Crippen LogP contribution is -2.07. The Balaban J connectivity index is 2.49. The second-order valence-corrected chi connectivity index (χ2v) is 4.17. The first-order valence-electron chi connectivity index (χ1n) is 4.70. The van der Waals surface area contributed by atoms with Crippen molar-refractivity contribution < 1.29 is 4.79 Å². The van der Waals surface area contributed by atoms with Crippen LogP contribution in [0.15, 0.2) is 11.1 Å². The lowest BCUT2D eigenvalue weighted by Gasteiger charge is -2.20. The molecule has 0 amide bonds. The molecule has 1 nitrogen and oxygen atoms in total. The molecule has 3 heteroatoms. The molecule has 0 N–H and O–H groups in total. The Hall–Kier alpha value is -0.0100. The highest BCUT2D eigenvalue weighted by Crippen LogP contribution is 2.31. The predicted octanol–water partition coefficient (Wildman–Crippen LogP) is 3.50.